The number of aryl methyl sites for hydroxylation is 1. The second kappa shape index (κ2) is 5.29. The molecule has 90 valence electrons. The molecule has 1 atom stereocenters. The number of hydrogen-bond donors (Lipinski definition) is 1. The van der Waals surface area contributed by atoms with Crippen molar-refractivity contribution in [1.29, 1.82) is 0 Å². The molecular formula is C13H12BrFOS. The third kappa shape index (κ3) is 2.94. The molecule has 1 heterocycles. The molecular weight excluding hydrogens is 303 g/mol. The summed E-state index contributed by atoms with van der Waals surface area (Å²) in [6.45, 7) is 1.81. The summed E-state index contributed by atoms with van der Waals surface area (Å²) in [4.78, 5) is 1.10. The lowest BCUT2D eigenvalue weighted by Crippen LogP contribution is -2.03. The molecule has 1 unspecified atom stereocenters. The Hall–Kier alpha value is -0.710. The summed E-state index contributed by atoms with van der Waals surface area (Å²) in [5, 5.41) is 12.1. The highest BCUT2D eigenvalue weighted by atomic mass is 79.9. The van der Waals surface area contributed by atoms with Gasteiger partial charge in [0, 0.05) is 15.8 Å². The molecule has 1 N–H and O–H groups in total. The predicted octanol–water partition coefficient (Wildman–Crippen LogP) is 4.23. The molecule has 0 bridgehead atoms. The van der Waals surface area contributed by atoms with Gasteiger partial charge in [-0.3, -0.25) is 0 Å². The zero-order valence-electron chi connectivity index (χ0n) is 9.28. The van der Waals surface area contributed by atoms with Crippen LogP contribution in [-0.4, -0.2) is 5.11 Å². The van der Waals surface area contributed by atoms with Gasteiger partial charge in [-0.15, -0.1) is 11.3 Å². The Labute approximate surface area is 112 Å². The molecule has 1 nitrogen and oxygen atoms in total. The zero-order valence-corrected chi connectivity index (χ0v) is 11.7. The first-order chi connectivity index (χ1) is 8.08. The highest BCUT2D eigenvalue weighted by Gasteiger charge is 2.14. The Bertz CT molecular complexity index is 524. The summed E-state index contributed by atoms with van der Waals surface area (Å²) in [6.07, 6.45) is -0.0457. The minimum atomic E-state index is -0.592. The van der Waals surface area contributed by atoms with Crippen molar-refractivity contribution in [2.75, 3.05) is 0 Å². The van der Waals surface area contributed by atoms with Crippen LogP contribution >= 0.6 is 27.3 Å². The molecule has 0 aliphatic carbocycles. The molecule has 2 rings (SSSR count). The number of halogens is 2. The van der Waals surface area contributed by atoms with Gasteiger partial charge >= 0.3 is 0 Å². The minimum Gasteiger partial charge on any atom is -0.388 e. The monoisotopic (exact) mass is 314 g/mol. The smallest absolute Gasteiger partial charge is 0.123 e. The average Bonchev–Trinajstić information content (AvgIpc) is 2.64. The van der Waals surface area contributed by atoms with Gasteiger partial charge in [0.15, 0.2) is 0 Å². The molecule has 1 aromatic carbocycles. The van der Waals surface area contributed by atoms with Crippen LogP contribution in [0.25, 0.3) is 0 Å². The first-order valence-corrected chi connectivity index (χ1v) is 6.91. The maximum Gasteiger partial charge on any atom is 0.123 e. The molecule has 0 aliphatic heterocycles. The predicted molar refractivity (Wildman–Crippen MR) is 71.8 cm³/mol. The van der Waals surface area contributed by atoms with Crippen LogP contribution in [0.15, 0.2) is 34.1 Å². The summed E-state index contributed by atoms with van der Waals surface area (Å²) in [6, 6.07) is 6.44. The van der Waals surface area contributed by atoms with Crippen molar-refractivity contribution in [3.8, 4) is 0 Å². The topological polar surface area (TPSA) is 20.2 Å². The van der Waals surface area contributed by atoms with Gasteiger partial charge in [0.1, 0.15) is 5.82 Å². The Morgan fingerprint density at radius 3 is 2.76 bits per heavy atom. The summed E-state index contributed by atoms with van der Waals surface area (Å²) in [5.74, 6) is -0.268. The average molecular weight is 315 g/mol. The fraction of sp³-hybridized carbons (Fsp3) is 0.231. The van der Waals surface area contributed by atoms with Crippen molar-refractivity contribution >= 4 is 27.3 Å². The van der Waals surface area contributed by atoms with Crippen LogP contribution in [0.2, 0.25) is 0 Å². The molecule has 0 spiro atoms. The molecule has 4 heteroatoms. The normalized spacial score (nSPS) is 12.7. The quantitative estimate of drug-likeness (QED) is 0.898. The molecule has 17 heavy (non-hydrogen) atoms. The maximum atomic E-state index is 13.0. The van der Waals surface area contributed by atoms with E-state index >= 15 is 0 Å². The number of benzene rings is 1. The van der Waals surface area contributed by atoms with Crippen LogP contribution in [-0.2, 0) is 6.42 Å². The van der Waals surface area contributed by atoms with Crippen molar-refractivity contribution < 1.29 is 9.50 Å². The third-order valence-electron chi connectivity index (χ3n) is 2.66. The first-order valence-electron chi connectivity index (χ1n) is 5.24. The Morgan fingerprint density at radius 2 is 2.18 bits per heavy atom. The van der Waals surface area contributed by atoms with Crippen molar-refractivity contribution in [1.82, 2.24) is 0 Å². The molecule has 0 amide bonds. The molecule has 0 fully saturated rings. The molecule has 0 saturated carbocycles. The Balaban J connectivity index is 2.20. The van der Waals surface area contributed by atoms with Crippen LogP contribution in [0, 0.1) is 12.7 Å². The number of aliphatic hydroxyl groups excluding tert-OH is 1. The van der Waals surface area contributed by atoms with E-state index in [1.54, 1.807) is 17.4 Å². The van der Waals surface area contributed by atoms with E-state index in [0.717, 1.165) is 20.5 Å². The zero-order chi connectivity index (χ0) is 12.4. The van der Waals surface area contributed by atoms with E-state index in [0.29, 0.717) is 6.42 Å². The second-order valence-electron chi connectivity index (χ2n) is 3.91. The lowest BCUT2D eigenvalue weighted by Gasteiger charge is -2.13. The largest absolute Gasteiger partial charge is 0.388 e. The number of rotatable bonds is 3. The van der Waals surface area contributed by atoms with Crippen LogP contribution in [0.1, 0.15) is 22.1 Å². The van der Waals surface area contributed by atoms with E-state index < -0.39 is 6.10 Å². The maximum absolute atomic E-state index is 13.0. The molecule has 0 saturated heterocycles. The van der Waals surface area contributed by atoms with E-state index in [1.165, 1.54) is 12.1 Å². The summed E-state index contributed by atoms with van der Waals surface area (Å²) in [7, 11) is 0. The van der Waals surface area contributed by atoms with Crippen molar-refractivity contribution in [3.05, 3.63) is 55.9 Å². The van der Waals surface area contributed by atoms with Crippen LogP contribution < -0.4 is 0 Å². The molecule has 2 aromatic rings. The van der Waals surface area contributed by atoms with Gasteiger partial charge < -0.3 is 5.11 Å². The van der Waals surface area contributed by atoms with Crippen molar-refractivity contribution in [2.24, 2.45) is 0 Å². The van der Waals surface area contributed by atoms with Gasteiger partial charge in [-0.05, 0) is 57.6 Å². The van der Waals surface area contributed by atoms with Crippen molar-refractivity contribution in [3.63, 3.8) is 0 Å². The first kappa shape index (κ1) is 12.7. The van der Waals surface area contributed by atoms with Gasteiger partial charge in [0.2, 0.25) is 0 Å². The summed E-state index contributed by atoms with van der Waals surface area (Å²) in [5.41, 5.74) is 1.57. The summed E-state index contributed by atoms with van der Waals surface area (Å²) >= 11 is 5.04. The molecule has 1 aromatic heterocycles. The van der Waals surface area contributed by atoms with Crippen LogP contribution in [0.5, 0.6) is 0 Å². The van der Waals surface area contributed by atoms with E-state index in [2.05, 4.69) is 15.9 Å². The Kier molecular flexibility index (Phi) is 3.97. The second-order valence-corrected chi connectivity index (χ2v) is 5.77. The van der Waals surface area contributed by atoms with Crippen molar-refractivity contribution in [2.45, 2.75) is 19.4 Å². The number of hydrogen-bond acceptors (Lipinski definition) is 2. The highest BCUT2D eigenvalue weighted by molar-refractivity contribution is 9.10. The van der Waals surface area contributed by atoms with Gasteiger partial charge in [-0.1, -0.05) is 6.07 Å². The van der Waals surface area contributed by atoms with Gasteiger partial charge in [0.25, 0.3) is 0 Å². The van der Waals surface area contributed by atoms with Gasteiger partial charge in [-0.25, -0.2) is 4.39 Å². The highest BCUT2D eigenvalue weighted by Crippen LogP contribution is 2.29. The third-order valence-corrected chi connectivity index (χ3v) is 4.61. The molecule has 0 aliphatic rings. The fourth-order valence-electron chi connectivity index (χ4n) is 1.77. The SMILES string of the molecule is Cc1cc(F)ccc1C(O)Cc1sccc1Br. The van der Waals surface area contributed by atoms with E-state index in [-0.39, 0.29) is 5.82 Å². The van der Waals surface area contributed by atoms with E-state index in [4.69, 9.17) is 0 Å². The van der Waals surface area contributed by atoms with E-state index in [1.807, 2.05) is 18.4 Å². The lowest BCUT2D eigenvalue weighted by atomic mass is 10.0. The fourth-order valence-corrected chi connectivity index (χ4v) is 3.32. The molecule has 0 radical (unpaired) electrons. The van der Waals surface area contributed by atoms with Crippen LogP contribution in [0.4, 0.5) is 4.39 Å². The van der Waals surface area contributed by atoms with E-state index in [9.17, 15) is 9.50 Å². The number of aliphatic hydroxyl groups is 1. The van der Waals surface area contributed by atoms with Gasteiger partial charge in [-0.2, -0.15) is 0 Å². The number of thiophene rings is 1. The van der Waals surface area contributed by atoms with Crippen LogP contribution in [0.3, 0.4) is 0 Å². The van der Waals surface area contributed by atoms with Gasteiger partial charge in [0.05, 0.1) is 6.10 Å². The lowest BCUT2D eigenvalue weighted by molar-refractivity contribution is 0.178. The Morgan fingerprint density at radius 1 is 1.41 bits per heavy atom. The summed E-state index contributed by atoms with van der Waals surface area (Å²) < 4.78 is 14.0. The minimum absolute atomic E-state index is 0.268. The standard InChI is InChI=1S/C13H12BrFOS/c1-8-6-9(15)2-3-10(8)12(16)7-13-11(14)4-5-17-13/h2-6,12,16H,7H2,1H3.